The predicted octanol–water partition coefficient (Wildman–Crippen LogP) is 2.39. The van der Waals surface area contributed by atoms with Crippen molar-refractivity contribution < 1.29 is 12.8 Å². The van der Waals surface area contributed by atoms with Crippen molar-refractivity contribution in [1.82, 2.24) is 0 Å². The molecule has 0 saturated heterocycles. The number of benzene rings is 2. The average molecular weight is 294 g/mol. The molecule has 106 valence electrons. The van der Waals surface area contributed by atoms with E-state index in [2.05, 4.69) is 4.72 Å². The Kier molecular flexibility index (Phi) is 4.06. The van der Waals surface area contributed by atoms with Gasteiger partial charge in [-0.1, -0.05) is 18.2 Å². The van der Waals surface area contributed by atoms with Crippen LogP contribution in [0.5, 0.6) is 0 Å². The molecule has 0 bridgehead atoms. The van der Waals surface area contributed by atoms with Crippen molar-refractivity contribution >= 4 is 15.7 Å². The molecule has 4 nitrogen and oxygen atoms in total. The summed E-state index contributed by atoms with van der Waals surface area (Å²) >= 11 is 0. The summed E-state index contributed by atoms with van der Waals surface area (Å²) in [6, 6.07) is 10.4. The zero-order valence-electron chi connectivity index (χ0n) is 10.9. The number of aryl methyl sites for hydroxylation is 1. The molecule has 0 aliphatic heterocycles. The Morgan fingerprint density at radius 2 is 1.90 bits per heavy atom. The molecule has 0 aliphatic rings. The van der Waals surface area contributed by atoms with Gasteiger partial charge in [-0.25, -0.2) is 12.8 Å². The zero-order chi connectivity index (χ0) is 14.8. The van der Waals surface area contributed by atoms with Crippen molar-refractivity contribution in [2.45, 2.75) is 18.4 Å². The van der Waals surface area contributed by atoms with Crippen molar-refractivity contribution in [1.29, 1.82) is 0 Å². The first-order chi connectivity index (χ1) is 9.44. The van der Waals surface area contributed by atoms with Gasteiger partial charge in [-0.2, -0.15) is 0 Å². The summed E-state index contributed by atoms with van der Waals surface area (Å²) in [4.78, 5) is 0.187. The largest absolute Gasteiger partial charge is 0.326 e. The third kappa shape index (κ3) is 2.97. The third-order valence-electron chi connectivity index (χ3n) is 2.91. The number of anilines is 1. The van der Waals surface area contributed by atoms with E-state index < -0.39 is 15.8 Å². The van der Waals surface area contributed by atoms with E-state index in [1.54, 1.807) is 25.1 Å². The van der Waals surface area contributed by atoms with Gasteiger partial charge in [-0.05, 0) is 42.3 Å². The minimum atomic E-state index is -3.72. The van der Waals surface area contributed by atoms with Crippen LogP contribution in [0.3, 0.4) is 0 Å². The number of nitrogens with two attached hydrogens (primary N) is 1. The molecule has 0 amide bonds. The van der Waals surface area contributed by atoms with Crippen LogP contribution >= 0.6 is 0 Å². The number of rotatable bonds is 4. The van der Waals surface area contributed by atoms with E-state index in [0.29, 0.717) is 11.1 Å². The molecule has 0 aliphatic carbocycles. The predicted molar refractivity (Wildman–Crippen MR) is 76.3 cm³/mol. The first kappa shape index (κ1) is 14.5. The molecule has 3 N–H and O–H groups in total. The fraction of sp³-hybridized carbons (Fsp3) is 0.143. The van der Waals surface area contributed by atoms with Gasteiger partial charge in [-0.3, -0.25) is 4.72 Å². The molecule has 20 heavy (non-hydrogen) atoms. The molecule has 0 heterocycles. The van der Waals surface area contributed by atoms with Crippen LogP contribution in [0.2, 0.25) is 0 Å². The molecule has 0 unspecified atom stereocenters. The van der Waals surface area contributed by atoms with Gasteiger partial charge in [0.05, 0.1) is 10.6 Å². The van der Waals surface area contributed by atoms with Gasteiger partial charge in [0.25, 0.3) is 10.0 Å². The fourth-order valence-corrected chi connectivity index (χ4v) is 3.24. The molecule has 2 rings (SSSR count). The maximum atomic E-state index is 13.1. The van der Waals surface area contributed by atoms with Crippen LogP contribution in [-0.2, 0) is 16.6 Å². The van der Waals surface area contributed by atoms with Crippen LogP contribution in [0.15, 0.2) is 47.4 Å². The van der Waals surface area contributed by atoms with Gasteiger partial charge >= 0.3 is 0 Å². The van der Waals surface area contributed by atoms with E-state index in [1.165, 1.54) is 24.3 Å². The average Bonchev–Trinajstić information content (AvgIpc) is 2.41. The van der Waals surface area contributed by atoms with Crippen LogP contribution in [-0.4, -0.2) is 8.42 Å². The van der Waals surface area contributed by atoms with Crippen LogP contribution in [0, 0.1) is 12.7 Å². The molecule has 0 saturated carbocycles. The minimum absolute atomic E-state index is 0.0450. The topological polar surface area (TPSA) is 72.2 Å². The van der Waals surface area contributed by atoms with E-state index >= 15 is 0 Å². The lowest BCUT2D eigenvalue weighted by Crippen LogP contribution is -2.16. The SMILES string of the molecule is Cc1ccccc1S(=O)(=O)Nc1ccc(F)cc1CN. The van der Waals surface area contributed by atoms with Crippen LogP contribution < -0.4 is 10.5 Å². The molecule has 2 aromatic carbocycles. The molecule has 0 spiro atoms. The Balaban J connectivity index is 2.41. The Bertz CT molecular complexity index is 730. The highest BCUT2D eigenvalue weighted by molar-refractivity contribution is 7.92. The summed E-state index contributed by atoms with van der Waals surface area (Å²) in [6.45, 7) is 1.76. The molecule has 0 radical (unpaired) electrons. The first-order valence-electron chi connectivity index (χ1n) is 6.01. The highest BCUT2D eigenvalue weighted by atomic mass is 32.2. The molecule has 6 heteroatoms. The van der Waals surface area contributed by atoms with Crippen molar-refractivity contribution in [3.05, 3.63) is 59.4 Å². The number of hydrogen-bond donors (Lipinski definition) is 2. The van der Waals surface area contributed by atoms with Gasteiger partial charge in [0.2, 0.25) is 0 Å². The first-order valence-corrected chi connectivity index (χ1v) is 7.49. The van der Waals surface area contributed by atoms with E-state index in [4.69, 9.17) is 5.73 Å². The van der Waals surface area contributed by atoms with E-state index in [-0.39, 0.29) is 17.1 Å². The van der Waals surface area contributed by atoms with Crippen molar-refractivity contribution in [3.63, 3.8) is 0 Å². The molecule has 2 aromatic rings. The highest BCUT2D eigenvalue weighted by Crippen LogP contribution is 2.22. The molecule has 0 atom stereocenters. The standard InChI is InChI=1S/C14H15FN2O2S/c1-10-4-2-3-5-14(10)20(18,19)17-13-7-6-12(15)8-11(13)9-16/h2-8,17H,9,16H2,1H3. The highest BCUT2D eigenvalue weighted by Gasteiger charge is 2.17. The Morgan fingerprint density at radius 1 is 1.20 bits per heavy atom. The van der Waals surface area contributed by atoms with Crippen LogP contribution in [0.25, 0.3) is 0 Å². The Labute approximate surface area is 117 Å². The number of halogens is 1. The molecular weight excluding hydrogens is 279 g/mol. The van der Waals surface area contributed by atoms with Gasteiger partial charge in [0, 0.05) is 6.54 Å². The summed E-state index contributed by atoms with van der Waals surface area (Å²) in [5, 5.41) is 0. The van der Waals surface area contributed by atoms with Gasteiger partial charge in [-0.15, -0.1) is 0 Å². The molecule has 0 fully saturated rings. The zero-order valence-corrected chi connectivity index (χ0v) is 11.7. The van der Waals surface area contributed by atoms with E-state index in [9.17, 15) is 12.8 Å². The van der Waals surface area contributed by atoms with Crippen molar-refractivity contribution in [3.8, 4) is 0 Å². The smallest absolute Gasteiger partial charge is 0.262 e. The second kappa shape index (κ2) is 5.60. The number of hydrogen-bond acceptors (Lipinski definition) is 3. The lowest BCUT2D eigenvalue weighted by atomic mass is 10.2. The van der Waals surface area contributed by atoms with Gasteiger partial charge in [0.1, 0.15) is 5.82 Å². The van der Waals surface area contributed by atoms with Crippen molar-refractivity contribution in [2.75, 3.05) is 4.72 Å². The van der Waals surface area contributed by atoms with E-state index in [0.717, 1.165) is 0 Å². The minimum Gasteiger partial charge on any atom is -0.326 e. The second-order valence-electron chi connectivity index (χ2n) is 4.38. The lowest BCUT2D eigenvalue weighted by Gasteiger charge is -2.13. The van der Waals surface area contributed by atoms with Crippen LogP contribution in [0.1, 0.15) is 11.1 Å². The van der Waals surface area contributed by atoms with Crippen molar-refractivity contribution in [2.24, 2.45) is 5.73 Å². The second-order valence-corrected chi connectivity index (χ2v) is 6.03. The number of nitrogens with one attached hydrogen (secondary N) is 1. The quantitative estimate of drug-likeness (QED) is 0.909. The molecular formula is C14H15FN2O2S. The fourth-order valence-electron chi connectivity index (χ4n) is 1.89. The van der Waals surface area contributed by atoms with Gasteiger partial charge < -0.3 is 5.73 Å². The summed E-state index contributed by atoms with van der Waals surface area (Å²) in [5.74, 6) is -0.454. The molecule has 0 aromatic heterocycles. The maximum Gasteiger partial charge on any atom is 0.262 e. The Hall–Kier alpha value is -1.92. The summed E-state index contributed by atoms with van der Waals surface area (Å²) in [6.07, 6.45) is 0. The normalized spacial score (nSPS) is 11.3. The summed E-state index contributed by atoms with van der Waals surface area (Å²) < 4.78 is 40.2. The maximum absolute atomic E-state index is 13.1. The lowest BCUT2D eigenvalue weighted by molar-refractivity contribution is 0.600. The van der Waals surface area contributed by atoms with Crippen LogP contribution in [0.4, 0.5) is 10.1 Å². The summed E-state index contributed by atoms with van der Waals surface area (Å²) in [5.41, 5.74) is 6.83. The van der Waals surface area contributed by atoms with E-state index in [1.807, 2.05) is 0 Å². The third-order valence-corrected chi connectivity index (χ3v) is 4.44. The van der Waals surface area contributed by atoms with Gasteiger partial charge in [0.15, 0.2) is 0 Å². The number of sulfonamides is 1. The Morgan fingerprint density at radius 3 is 2.55 bits per heavy atom. The summed E-state index contributed by atoms with van der Waals surface area (Å²) in [7, 11) is -3.72. The monoisotopic (exact) mass is 294 g/mol.